The molecule has 2 N–H and O–H groups in total. The minimum atomic E-state index is -3.93. The molecular weight excluding hydrogens is 276 g/mol. The van der Waals surface area contributed by atoms with Gasteiger partial charge in [0, 0.05) is 6.07 Å². The number of aromatic nitrogens is 1. The van der Waals surface area contributed by atoms with Crippen LogP contribution < -0.4 is 4.72 Å². The van der Waals surface area contributed by atoms with Crippen LogP contribution in [0.5, 0.6) is 0 Å². The van der Waals surface area contributed by atoms with Crippen molar-refractivity contribution in [3.05, 3.63) is 35.4 Å². The third-order valence-electron chi connectivity index (χ3n) is 2.17. The quantitative estimate of drug-likeness (QED) is 0.831. The Labute approximate surface area is 108 Å². The summed E-state index contributed by atoms with van der Waals surface area (Å²) in [5, 5.41) is 11.8. The fourth-order valence-corrected chi connectivity index (χ4v) is 2.24. The van der Waals surface area contributed by atoms with Crippen molar-refractivity contribution >= 4 is 16.0 Å². The van der Waals surface area contributed by atoms with Gasteiger partial charge in [0.2, 0.25) is 10.9 Å². The first-order chi connectivity index (χ1) is 8.88. The molecule has 0 spiro atoms. The molecule has 102 valence electrons. The molecule has 2 rings (SSSR count). The number of sulfonamides is 1. The normalized spacial score (nSPS) is 11.6. The molecule has 0 aromatic carbocycles. The maximum Gasteiger partial charge on any atom is 0.371 e. The highest BCUT2D eigenvalue weighted by Crippen LogP contribution is 2.14. The first-order valence-electron chi connectivity index (χ1n) is 5.13. The third-order valence-corrected chi connectivity index (χ3v) is 3.44. The van der Waals surface area contributed by atoms with Gasteiger partial charge in [0.15, 0.2) is 5.76 Å². The van der Waals surface area contributed by atoms with Gasteiger partial charge in [-0.25, -0.2) is 17.9 Å². The zero-order valence-corrected chi connectivity index (χ0v) is 10.6. The summed E-state index contributed by atoms with van der Waals surface area (Å²) in [7, 11) is -3.93. The number of aromatic carboxylic acids is 1. The molecule has 0 amide bonds. The molecule has 0 atom stereocenters. The van der Waals surface area contributed by atoms with Gasteiger partial charge >= 0.3 is 5.97 Å². The molecular formula is C10H10N2O6S. The molecule has 0 radical (unpaired) electrons. The number of furan rings is 1. The number of hydrogen-bond donors (Lipinski definition) is 2. The van der Waals surface area contributed by atoms with E-state index in [-0.39, 0.29) is 6.54 Å². The summed E-state index contributed by atoms with van der Waals surface area (Å²) in [6.45, 7) is 1.60. The molecule has 0 saturated carbocycles. The van der Waals surface area contributed by atoms with Gasteiger partial charge in [0.1, 0.15) is 0 Å². The van der Waals surface area contributed by atoms with Crippen LogP contribution in [0.1, 0.15) is 22.0 Å². The maximum atomic E-state index is 11.8. The maximum absolute atomic E-state index is 11.8. The van der Waals surface area contributed by atoms with E-state index in [1.54, 1.807) is 13.0 Å². The van der Waals surface area contributed by atoms with Crippen molar-refractivity contribution < 1.29 is 27.3 Å². The molecule has 0 aliphatic rings. The minimum absolute atomic E-state index is 0.105. The predicted octanol–water partition coefficient (Wildman–Crippen LogP) is 0.753. The lowest BCUT2D eigenvalue weighted by atomic mass is 10.4. The van der Waals surface area contributed by atoms with E-state index in [2.05, 4.69) is 9.88 Å². The number of aryl methyl sites for hydroxylation is 1. The largest absolute Gasteiger partial charge is 0.475 e. The molecule has 0 bridgehead atoms. The molecule has 0 unspecified atom stereocenters. The second kappa shape index (κ2) is 4.86. The van der Waals surface area contributed by atoms with Gasteiger partial charge in [-0.2, -0.15) is 0 Å². The van der Waals surface area contributed by atoms with E-state index in [1.165, 1.54) is 0 Å². The summed E-state index contributed by atoms with van der Waals surface area (Å²) in [5.74, 6) is -1.45. The Morgan fingerprint density at radius 2 is 2.21 bits per heavy atom. The second-order valence-corrected chi connectivity index (χ2v) is 5.38. The van der Waals surface area contributed by atoms with Crippen molar-refractivity contribution in [1.29, 1.82) is 0 Å². The van der Waals surface area contributed by atoms with E-state index in [4.69, 9.17) is 14.0 Å². The van der Waals surface area contributed by atoms with Gasteiger partial charge in [-0.05, 0) is 19.1 Å². The highest BCUT2D eigenvalue weighted by Gasteiger charge is 2.21. The van der Waals surface area contributed by atoms with E-state index in [1.807, 2.05) is 0 Å². The summed E-state index contributed by atoms with van der Waals surface area (Å²) < 4.78 is 35.3. The zero-order chi connectivity index (χ0) is 14.0. The van der Waals surface area contributed by atoms with Gasteiger partial charge in [0.05, 0.1) is 12.2 Å². The van der Waals surface area contributed by atoms with E-state index in [0.717, 1.165) is 12.1 Å². The van der Waals surface area contributed by atoms with Crippen LogP contribution in [0.25, 0.3) is 0 Å². The van der Waals surface area contributed by atoms with Crippen LogP contribution in [0.15, 0.2) is 32.2 Å². The Morgan fingerprint density at radius 3 is 2.74 bits per heavy atom. The molecule has 0 fully saturated rings. The molecule has 9 heteroatoms. The smallest absolute Gasteiger partial charge is 0.371 e. The van der Waals surface area contributed by atoms with Gasteiger partial charge < -0.3 is 14.0 Å². The van der Waals surface area contributed by atoms with Crippen LogP contribution >= 0.6 is 0 Å². The summed E-state index contributed by atoms with van der Waals surface area (Å²) in [5.41, 5.74) is 0.625. The minimum Gasteiger partial charge on any atom is -0.475 e. The average molecular weight is 286 g/mol. The van der Waals surface area contributed by atoms with E-state index in [9.17, 15) is 13.2 Å². The van der Waals surface area contributed by atoms with Crippen molar-refractivity contribution in [2.45, 2.75) is 18.6 Å². The third kappa shape index (κ3) is 3.01. The monoisotopic (exact) mass is 286 g/mol. The first kappa shape index (κ1) is 13.3. The fourth-order valence-electron chi connectivity index (χ4n) is 1.32. The van der Waals surface area contributed by atoms with Crippen molar-refractivity contribution in [2.75, 3.05) is 0 Å². The van der Waals surface area contributed by atoms with Crippen LogP contribution in [0.3, 0.4) is 0 Å². The topological polar surface area (TPSA) is 123 Å². The van der Waals surface area contributed by atoms with Crippen molar-refractivity contribution in [3.63, 3.8) is 0 Å². The van der Waals surface area contributed by atoms with Crippen LogP contribution in [-0.2, 0) is 16.6 Å². The zero-order valence-electron chi connectivity index (χ0n) is 9.78. The summed E-state index contributed by atoms with van der Waals surface area (Å²) >= 11 is 0. The Kier molecular flexibility index (Phi) is 3.40. The molecule has 2 heterocycles. The SMILES string of the molecule is Cc1cc(CNS(=O)(=O)c2ccc(C(=O)O)o2)on1. The lowest BCUT2D eigenvalue weighted by Gasteiger charge is -2.00. The summed E-state index contributed by atoms with van der Waals surface area (Å²) in [6.07, 6.45) is 0. The van der Waals surface area contributed by atoms with E-state index < -0.39 is 26.8 Å². The Balaban J connectivity index is 2.11. The van der Waals surface area contributed by atoms with Gasteiger partial charge in [-0.15, -0.1) is 0 Å². The van der Waals surface area contributed by atoms with Crippen LogP contribution in [0.2, 0.25) is 0 Å². The number of rotatable bonds is 5. The van der Waals surface area contributed by atoms with Crippen molar-refractivity contribution in [2.24, 2.45) is 0 Å². The van der Waals surface area contributed by atoms with Gasteiger partial charge in [0.25, 0.3) is 10.0 Å². The summed E-state index contributed by atoms with van der Waals surface area (Å²) in [4.78, 5) is 10.6. The van der Waals surface area contributed by atoms with Crippen molar-refractivity contribution in [1.82, 2.24) is 9.88 Å². The van der Waals surface area contributed by atoms with Crippen LogP contribution in [0, 0.1) is 6.92 Å². The average Bonchev–Trinajstić information content (AvgIpc) is 2.95. The lowest BCUT2D eigenvalue weighted by molar-refractivity contribution is 0.0656. The van der Waals surface area contributed by atoms with Gasteiger partial charge in [-0.3, -0.25) is 0 Å². The van der Waals surface area contributed by atoms with Crippen LogP contribution in [-0.4, -0.2) is 24.7 Å². The van der Waals surface area contributed by atoms with Crippen molar-refractivity contribution in [3.8, 4) is 0 Å². The number of nitrogens with one attached hydrogen (secondary N) is 1. The Hall–Kier alpha value is -2.13. The fraction of sp³-hybridized carbons (Fsp3) is 0.200. The van der Waals surface area contributed by atoms with E-state index >= 15 is 0 Å². The number of carboxylic acid groups (broad SMARTS) is 1. The molecule has 0 aliphatic heterocycles. The highest BCUT2D eigenvalue weighted by atomic mass is 32.2. The lowest BCUT2D eigenvalue weighted by Crippen LogP contribution is -2.22. The molecule has 19 heavy (non-hydrogen) atoms. The van der Waals surface area contributed by atoms with Crippen LogP contribution in [0.4, 0.5) is 0 Å². The standard InChI is InChI=1S/C10H10N2O6S/c1-6-4-7(18-12-6)5-11-19(15,16)9-3-2-8(17-9)10(13)14/h2-4,11H,5H2,1H3,(H,13,14). The molecule has 2 aromatic heterocycles. The number of hydrogen-bond acceptors (Lipinski definition) is 6. The number of carbonyl (C=O) groups is 1. The van der Waals surface area contributed by atoms with E-state index in [0.29, 0.717) is 11.5 Å². The predicted molar refractivity (Wildman–Crippen MR) is 60.9 cm³/mol. The highest BCUT2D eigenvalue weighted by molar-refractivity contribution is 7.89. The number of carboxylic acids is 1. The molecule has 8 nitrogen and oxygen atoms in total. The molecule has 0 aliphatic carbocycles. The Morgan fingerprint density at radius 1 is 1.47 bits per heavy atom. The number of nitrogens with zero attached hydrogens (tertiary/aromatic N) is 1. The molecule has 2 aromatic rings. The van der Waals surface area contributed by atoms with Gasteiger partial charge in [-0.1, -0.05) is 5.16 Å². The first-order valence-corrected chi connectivity index (χ1v) is 6.62. The Bertz CT molecular complexity index is 699. The second-order valence-electron chi connectivity index (χ2n) is 3.68. The summed E-state index contributed by atoms with van der Waals surface area (Å²) in [6, 6.07) is 3.71. The molecule has 0 saturated heterocycles.